The molecule has 2 amide bonds. The third-order valence-corrected chi connectivity index (χ3v) is 7.41. The fraction of sp³-hybridized carbons (Fsp3) is 0.310. The Morgan fingerprint density at radius 2 is 1.79 bits per heavy atom. The summed E-state index contributed by atoms with van der Waals surface area (Å²) < 4.78 is 7.13. The van der Waals surface area contributed by atoms with Gasteiger partial charge in [-0.15, -0.1) is 12.4 Å². The zero-order valence-electron chi connectivity index (χ0n) is 21.8. The second-order valence-corrected chi connectivity index (χ2v) is 10.1. The van der Waals surface area contributed by atoms with E-state index in [0.717, 1.165) is 59.2 Å². The third-order valence-electron chi connectivity index (χ3n) is 7.08. The van der Waals surface area contributed by atoms with Gasteiger partial charge >= 0.3 is 6.03 Å². The lowest BCUT2D eigenvalue weighted by Gasteiger charge is -2.28. The van der Waals surface area contributed by atoms with Crippen LogP contribution in [0.15, 0.2) is 60.7 Å². The van der Waals surface area contributed by atoms with Crippen LogP contribution >= 0.6 is 24.0 Å². The molecule has 3 aromatic carbocycles. The minimum atomic E-state index is -0.337. The molecule has 200 valence electrons. The highest BCUT2D eigenvalue weighted by atomic mass is 35.5. The largest absolute Gasteiger partial charge is 0.380 e. The normalized spacial score (nSPS) is 14.3. The third kappa shape index (κ3) is 5.81. The summed E-state index contributed by atoms with van der Waals surface area (Å²) in [6.45, 7) is 4.61. The first-order chi connectivity index (χ1) is 17.9. The van der Waals surface area contributed by atoms with Gasteiger partial charge in [-0.3, -0.25) is 5.32 Å². The van der Waals surface area contributed by atoms with Gasteiger partial charge in [-0.1, -0.05) is 41.9 Å². The average molecular weight is 555 g/mol. The molecule has 0 aliphatic carbocycles. The number of urea groups is 1. The van der Waals surface area contributed by atoms with E-state index < -0.39 is 0 Å². The number of hydrogen-bond acceptors (Lipinski definition) is 4. The number of ether oxygens (including phenoxy) is 1. The van der Waals surface area contributed by atoms with Crippen LogP contribution in [0.1, 0.15) is 35.6 Å². The van der Waals surface area contributed by atoms with Crippen molar-refractivity contribution in [3.63, 3.8) is 0 Å². The molecule has 9 heteroatoms. The Balaban J connectivity index is 0.00000336. The highest BCUT2D eigenvalue weighted by Gasteiger charge is 2.26. The molecular formula is C29H33Cl2N5O2. The first kappa shape index (κ1) is 27.9. The number of carbonyl (C=O) groups excluding carboxylic acids is 1. The summed E-state index contributed by atoms with van der Waals surface area (Å²) >= 11 is 6.45. The van der Waals surface area contributed by atoms with Crippen LogP contribution in [0.2, 0.25) is 5.02 Å². The number of piperidine rings is 1. The fourth-order valence-electron chi connectivity index (χ4n) is 5.07. The molecule has 1 aliphatic rings. The van der Waals surface area contributed by atoms with Gasteiger partial charge in [0.05, 0.1) is 23.7 Å². The van der Waals surface area contributed by atoms with Crippen LogP contribution < -0.4 is 10.6 Å². The van der Waals surface area contributed by atoms with Gasteiger partial charge in [0.25, 0.3) is 0 Å². The van der Waals surface area contributed by atoms with Crippen LogP contribution in [-0.4, -0.2) is 48.0 Å². The maximum absolute atomic E-state index is 13.4. The number of halogens is 2. The summed E-state index contributed by atoms with van der Waals surface area (Å²) in [4.78, 5) is 15.7. The molecule has 0 atom stereocenters. The number of para-hydroxylation sites is 1. The number of amides is 2. The summed E-state index contributed by atoms with van der Waals surface area (Å²) in [6.07, 6.45) is 2.10. The Hall–Kier alpha value is -3.10. The maximum atomic E-state index is 13.4. The molecule has 1 saturated heterocycles. The number of aromatic nitrogens is 2. The highest BCUT2D eigenvalue weighted by Crippen LogP contribution is 2.34. The minimum Gasteiger partial charge on any atom is -0.380 e. The van der Waals surface area contributed by atoms with E-state index in [1.54, 1.807) is 13.2 Å². The average Bonchev–Trinajstić information content (AvgIpc) is 3.22. The van der Waals surface area contributed by atoms with E-state index >= 15 is 0 Å². The van der Waals surface area contributed by atoms with E-state index in [1.807, 2.05) is 66.2 Å². The van der Waals surface area contributed by atoms with Crippen molar-refractivity contribution >= 4 is 52.3 Å². The molecule has 0 spiro atoms. The number of rotatable bonds is 6. The molecule has 7 nitrogen and oxygen atoms in total. The number of nitrogens with zero attached hydrogens (tertiary/aromatic N) is 3. The summed E-state index contributed by atoms with van der Waals surface area (Å²) in [6, 6.07) is 19.1. The number of carbonyl (C=O) groups is 1. The van der Waals surface area contributed by atoms with Crippen molar-refractivity contribution in [1.82, 2.24) is 14.7 Å². The Morgan fingerprint density at radius 3 is 2.50 bits per heavy atom. The van der Waals surface area contributed by atoms with Crippen molar-refractivity contribution in [3.8, 4) is 5.69 Å². The molecule has 0 saturated carbocycles. The summed E-state index contributed by atoms with van der Waals surface area (Å²) in [5.41, 5.74) is 4.63. The van der Waals surface area contributed by atoms with Crippen LogP contribution in [0.3, 0.4) is 0 Å². The molecule has 1 aliphatic heterocycles. The van der Waals surface area contributed by atoms with Crippen molar-refractivity contribution in [2.75, 3.05) is 37.9 Å². The van der Waals surface area contributed by atoms with Gasteiger partial charge < -0.3 is 15.0 Å². The topological polar surface area (TPSA) is 71.4 Å². The standard InChI is InChI=1S/C29H32ClN5O2.ClH/c1-19-27(21-13-15-34(2)16-14-21)33-35(22-7-5-4-6-8-22)28(19)32-29(36)31-26-12-11-25(30)23-10-9-20(18-37-3)17-24(23)26;/h4-12,17,21H,13-16,18H2,1-3H3,(H2,31,32,36);1H. The van der Waals surface area contributed by atoms with E-state index in [9.17, 15) is 4.79 Å². The van der Waals surface area contributed by atoms with Crippen molar-refractivity contribution in [3.05, 3.63) is 82.5 Å². The predicted molar refractivity (Wildman–Crippen MR) is 157 cm³/mol. The molecule has 0 bridgehead atoms. The molecule has 0 unspecified atom stereocenters. The van der Waals surface area contributed by atoms with Crippen LogP contribution in [0, 0.1) is 6.92 Å². The monoisotopic (exact) mass is 553 g/mol. The molecular weight excluding hydrogens is 521 g/mol. The van der Waals surface area contributed by atoms with E-state index in [0.29, 0.717) is 29.1 Å². The summed E-state index contributed by atoms with van der Waals surface area (Å²) in [5, 5.41) is 13.5. The molecule has 2 N–H and O–H groups in total. The van der Waals surface area contributed by atoms with Gasteiger partial charge in [0, 0.05) is 34.4 Å². The van der Waals surface area contributed by atoms with Crippen molar-refractivity contribution in [1.29, 1.82) is 0 Å². The quantitative estimate of drug-likeness (QED) is 0.269. The van der Waals surface area contributed by atoms with E-state index in [4.69, 9.17) is 21.4 Å². The summed E-state index contributed by atoms with van der Waals surface area (Å²) in [7, 11) is 3.81. The van der Waals surface area contributed by atoms with Crippen LogP contribution in [0.25, 0.3) is 16.5 Å². The lowest BCUT2D eigenvalue weighted by atomic mass is 9.92. The molecule has 38 heavy (non-hydrogen) atoms. The first-order valence-corrected chi connectivity index (χ1v) is 12.9. The Labute approximate surface area is 234 Å². The number of fused-ring (bicyclic) bond motifs is 1. The van der Waals surface area contributed by atoms with Crippen molar-refractivity contribution < 1.29 is 9.53 Å². The van der Waals surface area contributed by atoms with Gasteiger partial charge in [-0.05, 0) is 75.8 Å². The van der Waals surface area contributed by atoms with Crippen LogP contribution in [-0.2, 0) is 11.3 Å². The fourth-order valence-corrected chi connectivity index (χ4v) is 5.30. The van der Waals surface area contributed by atoms with Crippen molar-refractivity contribution in [2.24, 2.45) is 0 Å². The van der Waals surface area contributed by atoms with Crippen LogP contribution in [0.4, 0.5) is 16.3 Å². The Morgan fingerprint density at radius 1 is 1.05 bits per heavy atom. The molecule has 2 heterocycles. The number of nitrogens with one attached hydrogen (secondary N) is 2. The highest BCUT2D eigenvalue weighted by molar-refractivity contribution is 6.36. The molecule has 0 radical (unpaired) electrons. The van der Waals surface area contributed by atoms with Gasteiger partial charge in [-0.25, -0.2) is 9.48 Å². The molecule has 5 rings (SSSR count). The van der Waals surface area contributed by atoms with E-state index in [1.165, 1.54) is 0 Å². The van der Waals surface area contributed by atoms with Crippen molar-refractivity contribution in [2.45, 2.75) is 32.3 Å². The van der Waals surface area contributed by atoms with Crippen LogP contribution in [0.5, 0.6) is 0 Å². The van der Waals surface area contributed by atoms with Gasteiger partial charge in [-0.2, -0.15) is 5.10 Å². The number of likely N-dealkylation sites (tertiary alicyclic amines) is 1. The number of anilines is 2. The predicted octanol–water partition coefficient (Wildman–Crippen LogP) is 7.01. The lowest BCUT2D eigenvalue weighted by molar-refractivity contribution is 0.185. The zero-order chi connectivity index (χ0) is 25.9. The van der Waals surface area contributed by atoms with E-state index in [-0.39, 0.29) is 18.4 Å². The molecule has 4 aromatic rings. The first-order valence-electron chi connectivity index (χ1n) is 12.6. The van der Waals surface area contributed by atoms with Gasteiger partial charge in [0.1, 0.15) is 5.82 Å². The zero-order valence-corrected chi connectivity index (χ0v) is 23.4. The maximum Gasteiger partial charge on any atom is 0.324 e. The molecule has 1 aromatic heterocycles. The SMILES string of the molecule is COCc1ccc2c(Cl)ccc(NC(=O)Nc3c(C)c(C4CCN(C)CC4)nn3-c3ccccc3)c2c1.Cl. The molecule has 1 fully saturated rings. The van der Waals surface area contributed by atoms with E-state index in [2.05, 4.69) is 22.6 Å². The Kier molecular flexibility index (Phi) is 8.95. The van der Waals surface area contributed by atoms with Gasteiger partial charge in [0.15, 0.2) is 0 Å². The lowest BCUT2D eigenvalue weighted by Crippen LogP contribution is -2.29. The smallest absolute Gasteiger partial charge is 0.324 e. The second kappa shape index (κ2) is 12.2. The number of benzene rings is 3. The Bertz CT molecular complexity index is 1420. The summed E-state index contributed by atoms with van der Waals surface area (Å²) in [5.74, 6) is 1.04. The van der Waals surface area contributed by atoms with Gasteiger partial charge in [0.2, 0.25) is 0 Å². The minimum absolute atomic E-state index is 0. The number of methoxy groups -OCH3 is 1. The number of hydrogen-bond donors (Lipinski definition) is 2. The second-order valence-electron chi connectivity index (χ2n) is 9.67.